The molecule has 0 atom stereocenters. The van der Waals surface area contributed by atoms with E-state index in [1.54, 1.807) is 13.0 Å². The van der Waals surface area contributed by atoms with Gasteiger partial charge in [-0.05, 0) is 19.1 Å². The highest BCUT2D eigenvalue weighted by molar-refractivity contribution is 5.90. The number of carbonyl (C=O) groups is 2. The topological polar surface area (TPSA) is 87.7 Å². The van der Waals surface area contributed by atoms with Crippen LogP contribution in [0.1, 0.15) is 5.56 Å². The molecule has 0 aromatic heterocycles. The van der Waals surface area contributed by atoms with E-state index in [4.69, 9.17) is 9.84 Å². The number of carbonyl (C=O) groups excluding carboxylic acids is 1. The molecule has 1 aromatic rings. The van der Waals surface area contributed by atoms with Gasteiger partial charge in [0, 0.05) is 17.8 Å². The minimum atomic E-state index is -1.07. The van der Waals surface area contributed by atoms with Gasteiger partial charge in [-0.15, -0.1) is 0 Å². The van der Waals surface area contributed by atoms with Gasteiger partial charge in [0.1, 0.15) is 12.4 Å². The van der Waals surface area contributed by atoms with E-state index in [1.807, 2.05) is 0 Å². The Hall–Kier alpha value is -2.15. The van der Waals surface area contributed by atoms with Crippen LogP contribution in [0, 0.1) is 12.7 Å². The van der Waals surface area contributed by atoms with Crippen LogP contribution in [0.2, 0.25) is 0 Å². The van der Waals surface area contributed by atoms with Crippen LogP contribution >= 0.6 is 0 Å². The third-order valence-corrected chi connectivity index (χ3v) is 2.27. The van der Waals surface area contributed by atoms with E-state index in [0.717, 1.165) is 0 Å². The first-order valence-corrected chi connectivity index (χ1v) is 5.60. The lowest BCUT2D eigenvalue weighted by Gasteiger charge is -2.10. The Balaban J connectivity index is 2.31. The van der Waals surface area contributed by atoms with Crippen molar-refractivity contribution < 1.29 is 23.8 Å². The van der Waals surface area contributed by atoms with Crippen LogP contribution in [0.4, 0.5) is 14.9 Å². The smallest absolute Gasteiger partial charge is 0.329 e. The third-order valence-electron chi connectivity index (χ3n) is 2.27. The molecule has 0 saturated carbocycles. The zero-order chi connectivity index (χ0) is 14.3. The normalized spacial score (nSPS) is 10.0. The Morgan fingerprint density at radius 1 is 1.42 bits per heavy atom. The summed E-state index contributed by atoms with van der Waals surface area (Å²) in [6.07, 6.45) is 0. The Labute approximate surface area is 109 Å². The SMILES string of the molecule is Cc1c(F)cccc1NC(=O)NCCOCC(=O)O. The summed E-state index contributed by atoms with van der Waals surface area (Å²) in [6, 6.07) is 3.87. The van der Waals surface area contributed by atoms with Crippen molar-refractivity contribution in [1.82, 2.24) is 5.32 Å². The van der Waals surface area contributed by atoms with E-state index in [9.17, 15) is 14.0 Å². The molecule has 0 fully saturated rings. The maximum absolute atomic E-state index is 13.2. The molecule has 0 aliphatic rings. The van der Waals surface area contributed by atoms with Crippen LogP contribution < -0.4 is 10.6 Å². The average molecular weight is 270 g/mol. The highest BCUT2D eigenvalue weighted by atomic mass is 19.1. The Kier molecular flexibility index (Phi) is 5.74. The molecule has 6 nitrogen and oxygen atoms in total. The van der Waals surface area contributed by atoms with Gasteiger partial charge in [0.2, 0.25) is 0 Å². The number of hydrogen-bond acceptors (Lipinski definition) is 3. The fourth-order valence-corrected chi connectivity index (χ4v) is 1.31. The average Bonchev–Trinajstić information content (AvgIpc) is 2.34. The van der Waals surface area contributed by atoms with Crippen molar-refractivity contribution in [3.05, 3.63) is 29.6 Å². The summed E-state index contributed by atoms with van der Waals surface area (Å²) in [6.45, 7) is 1.39. The number of aliphatic carboxylic acids is 1. The Bertz CT molecular complexity index is 465. The predicted octanol–water partition coefficient (Wildman–Crippen LogP) is 1.36. The van der Waals surface area contributed by atoms with Crippen LogP contribution in [-0.4, -0.2) is 36.9 Å². The van der Waals surface area contributed by atoms with Crippen molar-refractivity contribution in [2.45, 2.75) is 6.92 Å². The summed E-state index contributed by atoms with van der Waals surface area (Å²) >= 11 is 0. The number of halogens is 1. The second-order valence-electron chi connectivity index (χ2n) is 3.74. The van der Waals surface area contributed by atoms with Crippen molar-refractivity contribution in [1.29, 1.82) is 0 Å². The highest BCUT2D eigenvalue weighted by Gasteiger charge is 2.06. The summed E-state index contributed by atoms with van der Waals surface area (Å²) in [5.74, 6) is -1.47. The molecule has 0 aliphatic heterocycles. The maximum Gasteiger partial charge on any atom is 0.329 e. The second kappa shape index (κ2) is 7.32. The molecular formula is C12H15FN2O4. The van der Waals surface area contributed by atoms with E-state index < -0.39 is 24.4 Å². The first kappa shape index (κ1) is 14.9. The van der Waals surface area contributed by atoms with Gasteiger partial charge < -0.3 is 20.5 Å². The Morgan fingerprint density at radius 3 is 2.84 bits per heavy atom. The second-order valence-corrected chi connectivity index (χ2v) is 3.74. The van der Waals surface area contributed by atoms with E-state index in [2.05, 4.69) is 10.6 Å². The Morgan fingerprint density at radius 2 is 2.16 bits per heavy atom. The van der Waals surface area contributed by atoms with Crippen LogP contribution in [0.5, 0.6) is 0 Å². The van der Waals surface area contributed by atoms with Gasteiger partial charge >= 0.3 is 12.0 Å². The zero-order valence-electron chi connectivity index (χ0n) is 10.4. The van der Waals surface area contributed by atoms with Gasteiger partial charge in [-0.3, -0.25) is 0 Å². The highest BCUT2D eigenvalue weighted by Crippen LogP contribution is 2.16. The summed E-state index contributed by atoms with van der Waals surface area (Å²) < 4.78 is 17.9. The van der Waals surface area contributed by atoms with Crippen LogP contribution in [0.25, 0.3) is 0 Å². The molecule has 1 rings (SSSR count). The van der Waals surface area contributed by atoms with E-state index in [-0.39, 0.29) is 13.2 Å². The minimum absolute atomic E-state index is 0.0852. The molecule has 0 radical (unpaired) electrons. The van der Waals surface area contributed by atoms with E-state index in [1.165, 1.54) is 12.1 Å². The summed E-state index contributed by atoms with van der Waals surface area (Å²) in [4.78, 5) is 21.6. The predicted molar refractivity (Wildman–Crippen MR) is 66.6 cm³/mol. The first-order valence-electron chi connectivity index (χ1n) is 5.60. The number of ether oxygens (including phenoxy) is 1. The largest absolute Gasteiger partial charge is 0.480 e. The summed E-state index contributed by atoms with van der Waals surface area (Å²) in [5, 5.41) is 13.3. The number of nitrogens with one attached hydrogen (secondary N) is 2. The number of carboxylic acids is 1. The van der Waals surface area contributed by atoms with Crippen LogP contribution in [0.3, 0.4) is 0 Å². The number of urea groups is 1. The fraction of sp³-hybridized carbons (Fsp3) is 0.333. The van der Waals surface area contributed by atoms with Crippen molar-refractivity contribution in [2.24, 2.45) is 0 Å². The molecule has 1 aromatic carbocycles. The maximum atomic E-state index is 13.2. The van der Waals surface area contributed by atoms with Crippen LogP contribution in [0.15, 0.2) is 18.2 Å². The van der Waals surface area contributed by atoms with Gasteiger partial charge in [0.05, 0.1) is 6.61 Å². The molecule has 3 N–H and O–H groups in total. The molecule has 0 heterocycles. The van der Waals surface area contributed by atoms with Gasteiger partial charge in [-0.25, -0.2) is 14.0 Å². The monoisotopic (exact) mass is 270 g/mol. The minimum Gasteiger partial charge on any atom is -0.480 e. The molecule has 2 amide bonds. The number of benzene rings is 1. The fourth-order valence-electron chi connectivity index (χ4n) is 1.31. The number of anilines is 1. The van der Waals surface area contributed by atoms with Gasteiger partial charge in [-0.1, -0.05) is 6.07 Å². The van der Waals surface area contributed by atoms with Crippen LogP contribution in [-0.2, 0) is 9.53 Å². The molecular weight excluding hydrogens is 255 g/mol. The van der Waals surface area contributed by atoms with Crippen molar-refractivity contribution >= 4 is 17.7 Å². The zero-order valence-corrected chi connectivity index (χ0v) is 10.4. The molecule has 0 unspecified atom stereocenters. The lowest BCUT2D eigenvalue weighted by atomic mass is 10.2. The number of rotatable bonds is 6. The lowest BCUT2D eigenvalue weighted by Crippen LogP contribution is -2.32. The third kappa shape index (κ3) is 5.35. The van der Waals surface area contributed by atoms with Gasteiger partial charge in [0.15, 0.2) is 0 Å². The number of carboxylic acid groups (broad SMARTS) is 1. The van der Waals surface area contributed by atoms with Gasteiger partial charge in [-0.2, -0.15) is 0 Å². The molecule has 0 bridgehead atoms. The summed E-state index contributed by atoms with van der Waals surface area (Å²) in [7, 11) is 0. The van der Waals surface area contributed by atoms with Crippen molar-refractivity contribution in [2.75, 3.05) is 25.1 Å². The standard InChI is InChI=1S/C12H15FN2O4/c1-8-9(13)3-2-4-10(8)15-12(18)14-5-6-19-7-11(16)17/h2-4H,5-7H2,1H3,(H,16,17)(H2,14,15,18). The van der Waals surface area contributed by atoms with E-state index >= 15 is 0 Å². The van der Waals surface area contributed by atoms with Crippen molar-refractivity contribution in [3.8, 4) is 0 Å². The van der Waals surface area contributed by atoms with Gasteiger partial charge in [0.25, 0.3) is 0 Å². The molecule has 7 heteroatoms. The first-order chi connectivity index (χ1) is 9.00. The number of hydrogen-bond donors (Lipinski definition) is 3. The van der Waals surface area contributed by atoms with Crippen molar-refractivity contribution in [3.63, 3.8) is 0 Å². The lowest BCUT2D eigenvalue weighted by molar-refractivity contribution is -0.142. The summed E-state index contributed by atoms with van der Waals surface area (Å²) in [5.41, 5.74) is 0.726. The molecule has 104 valence electrons. The quantitative estimate of drug-likeness (QED) is 0.681. The molecule has 19 heavy (non-hydrogen) atoms. The van der Waals surface area contributed by atoms with E-state index in [0.29, 0.717) is 11.3 Å². The molecule has 0 aliphatic carbocycles. The number of amides is 2. The molecule has 0 spiro atoms. The molecule has 0 saturated heterocycles.